The molecule has 1 unspecified atom stereocenters. The van der Waals surface area contributed by atoms with E-state index in [1.807, 2.05) is 0 Å². The zero-order chi connectivity index (χ0) is 12.1. The summed E-state index contributed by atoms with van der Waals surface area (Å²) in [5.74, 6) is 0.302. The van der Waals surface area contributed by atoms with Gasteiger partial charge in [0.05, 0.1) is 6.10 Å². The van der Waals surface area contributed by atoms with Gasteiger partial charge in [-0.25, -0.2) is 0 Å². The van der Waals surface area contributed by atoms with Crippen LogP contribution in [0.4, 0.5) is 0 Å². The van der Waals surface area contributed by atoms with E-state index in [0.717, 1.165) is 6.42 Å². The summed E-state index contributed by atoms with van der Waals surface area (Å²) in [6.07, 6.45) is 4.80. The van der Waals surface area contributed by atoms with E-state index in [-0.39, 0.29) is 17.4 Å². The Kier molecular flexibility index (Phi) is 5.88. The minimum atomic E-state index is -0.361. The van der Waals surface area contributed by atoms with Crippen molar-refractivity contribution >= 4 is 5.91 Å². The highest BCUT2D eigenvalue weighted by atomic mass is 16.3. The van der Waals surface area contributed by atoms with E-state index in [0.29, 0.717) is 5.92 Å². The predicted octanol–water partition coefficient (Wildman–Crippen LogP) is 2.08. The molecular formula is C12H25NO2. The molecule has 0 heterocycles. The highest BCUT2D eigenvalue weighted by Gasteiger charge is 2.17. The molecule has 0 aromatic carbocycles. The van der Waals surface area contributed by atoms with Gasteiger partial charge in [0.1, 0.15) is 0 Å². The molecule has 3 nitrogen and oxygen atoms in total. The lowest BCUT2D eigenvalue weighted by molar-refractivity contribution is -0.125. The number of carbonyl (C=O) groups excluding carboxylic acids is 1. The van der Waals surface area contributed by atoms with Gasteiger partial charge in [0.25, 0.3) is 0 Å². The third kappa shape index (κ3) is 6.50. The number of aliphatic hydroxyl groups excluding tert-OH is 1. The van der Waals surface area contributed by atoms with Crippen molar-refractivity contribution in [2.45, 2.75) is 59.5 Å². The number of hydrogen-bond acceptors (Lipinski definition) is 2. The van der Waals surface area contributed by atoms with Crippen LogP contribution in [-0.4, -0.2) is 17.1 Å². The lowest BCUT2D eigenvalue weighted by Crippen LogP contribution is -2.27. The van der Waals surface area contributed by atoms with Crippen LogP contribution in [0.2, 0.25) is 0 Å². The molecule has 3 N–H and O–H groups in total. The monoisotopic (exact) mass is 215 g/mol. The minimum absolute atomic E-state index is 0.00347. The van der Waals surface area contributed by atoms with Crippen molar-refractivity contribution < 1.29 is 9.90 Å². The first-order chi connectivity index (χ1) is 6.75. The summed E-state index contributed by atoms with van der Waals surface area (Å²) in [5, 5.41) is 9.18. The van der Waals surface area contributed by atoms with Crippen LogP contribution in [0.3, 0.4) is 0 Å². The third-order valence-corrected chi connectivity index (χ3v) is 2.81. The Balaban J connectivity index is 0.000000265. The maximum absolute atomic E-state index is 10.2. The van der Waals surface area contributed by atoms with Gasteiger partial charge in [-0.1, -0.05) is 40.5 Å². The molecule has 3 heteroatoms. The van der Waals surface area contributed by atoms with Gasteiger partial charge in [-0.15, -0.1) is 0 Å². The molecule has 15 heavy (non-hydrogen) atoms. The van der Waals surface area contributed by atoms with Gasteiger partial charge in [-0.2, -0.15) is 0 Å². The van der Waals surface area contributed by atoms with Gasteiger partial charge in [0, 0.05) is 5.41 Å². The van der Waals surface area contributed by atoms with Crippen LogP contribution in [0, 0.1) is 11.3 Å². The molecule has 0 bridgehead atoms. The molecule has 1 aliphatic rings. The molecule has 0 spiro atoms. The normalized spacial score (nSPS) is 26.5. The molecule has 2 atom stereocenters. The molecule has 1 saturated carbocycles. The first kappa shape index (κ1) is 14.4. The van der Waals surface area contributed by atoms with Crippen LogP contribution in [0.15, 0.2) is 0 Å². The second-order valence-corrected chi connectivity index (χ2v) is 5.44. The van der Waals surface area contributed by atoms with Gasteiger partial charge < -0.3 is 10.8 Å². The maximum Gasteiger partial charge on any atom is 0.222 e. The van der Waals surface area contributed by atoms with E-state index < -0.39 is 0 Å². The zero-order valence-electron chi connectivity index (χ0n) is 10.4. The Labute approximate surface area is 93.0 Å². The summed E-state index contributed by atoms with van der Waals surface area (Å²) >= 11 is 0. The second-order valence-electron chi connectivity index (χ2n) is 5.44. The summed E-state index contributed by atoms with van der Waals surface area (Å²) in [5.41, 5.74) is 4.57. The highest BCUT2D eigenvalue weighted by molar-refractivity contribution is 5.79. The average Bonchev–Trinajstić information content (AvgIpc) is 2.09. The summed E-state index contributed by atoms with van der Waals surface area (Å²) in [7, 11) is 0. The standard InChI is InChI=1S/C7H14O.C5H11NO/c1-6-4-2-3-5-7(6)8;1-5(2,3)4(6)7/h6-8H,2-5H2,1H3;1-3H3,(H2,6,7)/t6-,7?;/m1./s1. The molecule has 90 valence electrons. The van der Waals surface area contributed by atoms with Crippen molar-refractivity contribution in [3.05, 3.63) is 0 Å². The molecule has 0 aromatic heterocycles. The van der Waals surface area contributed by atoms with Crippen LogP contribution < -0.4 is 5.73 Å². The summed E-state index contributed by atoms with van der Waals surface area (Å²) in [6, 6.07) is 0. The van der Waals surface area contributed by atoms with Crippen molar-refractivity contribution in [1.82, 2.24) is 0 Å². The van der Waals surface area contributed by atoms with Crippen LogP contribution in [-0.2, 0) is 4.79 Å². The Morgan fingerprint density at radius 3 is 1.87 bits per heavy atom. The van der Waals surface area contributed by atoms with Crippen molar-refractivity contribution in [3.8, 4) is 0 Å². The molecule has 0 aliphatic heterocycles. The largest absolute Gasteiger partial charge is 0.393 e. The molecular weight excluding hydrogens is 190 g/mol. The number of hydrogen-bond donors (Lipinski definition) is 2. The summed E-state index contributed by atoms with van der Waals surface area (Å²) in [6.45, 7) is 7.49. The minimum Gasteiger partial charge on any atom is -0.393 e. The maximum atomic E-state index is 10.2. The van der Waals surface area contributed by atoms with Crippen molar-refractivity contribution in [2.24, 2.45) is 17.1 Å². The van der Waals surface area contributed by atoms with Gasteiger partial charge in [0.15, 0.2) is 0 Å². The second kappa shape index (κ2) is 6.11. The molecule has 1 amide bonds. The van der Waals surface area contributed by atoms with Crippen LogP contribution in [0.5, 0.6) is 0 Å². The van der Waals surface area contributed by atoms with Crippen LogP contribution in [0.25, 0.3) is 0 Å². The van der Waals surface area contributed by atoms with Gasteiger partial charge in [-0.05, 0) is 18.8 Å². The number of primary amides is 1. The highest BCUT2D eigenvalue weighted by Crippen LogP contribution is 2.22. The molecule has 1 aliphatic carbocycles. The zero-order valence-corrected chi connectivity index (χ0v) is 10.4. The molecule has 1 fully saturated rings. The molecule has 0 saturated heterocycles. The fraction of sp³-hybridized carbons (Fsp3) is 0.917. The Morgan fingerprint density at radius 1 is 1.27 bits per heavy atom. The Hall–Kier alpha value is -0.570. The Bertz CT molecular complexity index is 186. The first-order valence-electron chi connectivity index (χ1n) is 5.73. The van der Waals surface area contributed by atoms with E-state index in [1.165, 1.54) is 19.3 Å². The van der Waals surface area contributed by atoms with Gasteiger partial charge in [0.2, 0.25) is 5.91 Å². The summed E-state index contributed by atoms with van der Waals surface area (Å²) < 4.78 is 0. The number of amides is 1. The van der Waals surface area contributed by atoms with Crippen LogP contribution >= 0.6 is 0 Å². The molecule has 1 rings (SSSR count). The van der Waals surface area contributed by atoms with Crippen LogP contribution in [0.1, 0.15) is 53.4 Å². The predicted molar refractivity (Wildman–Crippen MR) is 62.3 cm³/mol. The van der Waals surface area contributed by atoms with Gasteiger partial charge in [-0.3, -0.25) is 4.79 Å². The average molecular weight is 215 g/mol. The topological polar surface area (TPSA) is 63.3 Å². The number of aliphatic hydroxyl groups is 1. The molecule has 0 aromatic rings. The smallest absolute Gasteiger partial charge is 0.222 e. The third-order valence-electron chi connectivity index (χ3n) is 2.81. The molecule has 0 radical (unpaired) electrons. The van der Waals surface area contributed by atoms with E-state index in [2.05, 4.69) is 6.92 Å². The lowest BCUT2D eigenvalue weighted by Gasteiger charge is -2.23. The van der Waals surface area contributed by atoms with Crippen molar-refractivity contribution in [3.63, 3.8) is 0 Å². The number of rotatable bonds is 0. The van der Waals surface area contributed by atoms with Crippen molar-refractivity contribution in [2.75, 3.05) is 0 Å². The van der Waals surface area contributed by atoms with E-state index in [1.54, 1.807) is 20.8 Å². The SMILES string of the molecule is CC(C)(C)C(N)=O.C[C@@H]1CCCCC1O. The fourth-order valence-electron chi connectivity index (χ4n) is 1.30. The number of nitrogens with two attached hydrogens (primary N) is 1. The van der Waals surface area contributed by atoms with Crippen molar-refractivity contribution in [1.29, 1.82) is 0 Å². The van der Waals surface area contributed by atoms with E-state index >= 15 is 0 Å². The Morgan fingerprint density at radius 2 is 1.67 bits per heavy atom. The summed E-state index contributed by atoms with van der Waals surface area (Å²) in [4.78, 5) is 10.2. The van der Waals surface area contributed by atoms with E-state index in [9.17, 15) is 9.90 Å². The lowest BCUT2D eigenvalue weighted by atomic mass is 9.88. The first-order valence-corrected chi connectivity index (χ1v) is 5.73. The quantitative estimate of drug-likeness (QED) is 0.650. The number of carbonyl (C=O) groups is 1. The van der Waals surface area contributed by atoms with E-state index in [4.69, 9.17) is 5.73 Å². The fourth-order valence-corrected chi connectivity index (χ4v) is 1.30. The van der Waals surface area contributed by atoms with Gasteiger partial charge >= 0.3 is 0 Å².